The lowest BCUT2D eigenvalue weighted by molar-refractivity contribution is -0.00342. The van der Waals surface area contributed by atoms with Crippen molar-refractivity contribution < 1.29 is 28.4 Å². The first kappa shape index (κ1) is 22.5. The molecule has 1 heterocycles. The summed E-state index contributed by atoms with van der Waals surface area (Å²) >= 11 is 0. The Bertz CT molecular complexity index is 464. The molecule has 7 heteroatoms. The minimum Gasteiger partial charge on any atom is -0.491 e. The third-order valence-corrected chi connectivity index (χ3v) is 6.18. The Morgan fingerprint density at radius 2 is 1.26 bits per heavy atom. The summed E-state index contributed by atoms with van der Waals surface area (Å²) in [5.41, 5.74) is 0. The van der Waals surface area contributed by atoms with Crippen LogP contribution in [0.1, 0.15) is 6.92 Å². The molecule has 1 aromatic rings. The van der Waals surface area contributed by atoms with Crippen LogP contribution in [0.25, 0.3) is 0 Å². The summed E-state index contributed by atoms with van der Waals surface area (Å²) in [6, 6.07) is 8.45. The van der Waals surface area contributed by atoms with Gasteiger partial charge in [0, 0.05) is 17.5 Å². The average Bonchev–Trinajstić information content (AvgIpc) is 2.72. The van der Waals surface area contributed by atoms with E-state index in [2.05, 4.69) is 12.1 Å². The van der Waals surface area contributed by atoms with Gasteiger partial charge in [0.25, 0.3) is 0 Å². The molecule has 154 valence electrons. The van der Waals surface area contributed by atoms with Gasteiger partial charge in [-0.05, 0) is 31.2 Å². The summed E-state index contributed by atoms with van der Waals surface area (Å²) in [5.74, 6) is 3.16. The minimum absolute atomic E-state index is 0.333. The fraction of sp³-hybridized carbons (Fsp3) is 0.700. The monoisotopic (exact) mass is 401 g/mol. The highest BCUT2D eigenvalue weighted by molar-refractivity contribution is 7.97. The van der Waals surface area contributed by atoms with Gasteiger partial charge in [0.05, 0.1) is 59.5 Å². The van der Waals surface area contributed by atoms with Crippen LogP contribution < -0.4 is 4.74 Å². The van der Waals surface area contributed by atoms with Gasteiger partial charge in [0.15, 0.2) is 4.90 Å². The molecule has 0 amide bonds. The lowest BCUT2D eigenvalue weighted by atomic mass is 10.3. The average molecular weight is 402 g/mol. The van der Waals surface area contributed by atoms with Crippen molar-refractivity contribution in [3.63, 3.8) is 0 Å². The van der Waals surface area contributed by atoms with E-state index in [0.29, 0.717) is 63.8 Å². The second-order valence-corrected chi connectivity index (χ2v) is 8.14. The molecule has 0 saturated carbocycles. The third kappa shape index (κ3) is 10.3. The predicted molar refractivity (Wildman–Crippen MR) is 107 cm³/mol. The third-order valence-electron chi connectivity index (χ3n) is 3.92. The summed E-state index contributed by atoms with van der Waals surface area (Å²) in [5, 5.41) is 0. The van der Waals surface area contributed by atoms with Gasteiger partial charge >= 0.3 is 0 Å². The summed E-state index contributed by atoms with van der Waals surface area (Å²) < 4.78 is 32.6. The van der Waals surface area contributed by atoms with Crippen molar-refractivity contribution in [2.24, 2.45) is 0 Å². The van der Waals surface area contributed by atoms with Crippen LogP contribution in [-0.4, -0.2) is 84.2 Å². The standard InChI is InChI=1S/C20H33O6S/c1-2-21-7-8-22-9-10-23-11-12-24-13-14-26-19-3-5-20(6-4-19)27-17-15-25-16-18-27/h3-6H,2,7-18H2,1H3/q+1. The van der Waals surface area contributed by atoms with Crippen molar-refractivity contribution in [3.05, 3.63) is 24.3 Å². The second-order valence-electron chi connectivity index (χ2n) is 5.87. The molecule has 6 nitrogen and oxygen atoms in total. The van der Waals surface area contributed by atoms with E-state index < -0.39 is 0 Å². The normalized spacial score (nSPS) is 15.1. The zero-order chi connectivity index (χ0) is 19.0. The minimum atomic E-state index is 0.333. The smallest absolute Gasteiger partial charge is 0.155 e. The molecule has 0 aromatic heterocycles. The van der Waals surface area contributed by atoms with Crippen molar-refractivity contribution in [2.75, 3.05) is 84.2 Å². The van der Waals surface area contributed by atoms with Crippen LogP contribution in [0.2, 0.25) is 0 Å². The first-order valence-electron chi connectivity index (χ1n) is 9.69. The SMILES string of the molecule is CCOCCOCCOCCOCCOc1ccc([S+]2CCOCC2)cc1. The van der Waals surface area contributed by atoms with Crippen molar-refractivity contribution in [1.82, 2.24) is 0 Å². The molecular weight excluding hydrogens is 368 g/mol. The topological polar surface area (TPSA) is 55.4 Å². The quantitative estimate of drug-likeness (QED) is 0.332. The molecule has 1 aromatic carbocycles. The van der Waals surface area contributed by atoms with Gasteiger partial charge < -0.3 is 28.4 Å². The van der Waals surface area contributed by atoms with Crippen LogP contribution in [0.3, 0.4) is 0 Å². The lowest BCUT2D eigenvalue weighted by Gasteiger charge is -2.14. The highest BCUT2D eigenvalue weighted by atomic mass is 32.2. The van der Waals surface area contributed by atoms with Crippen LogP contribution in [0.15, 0.2) is 29.2 Å². The first-order valence-corrected chi connectivity index (χ1v) is 11.3. The highest BCUT2D eigenvalue weighted by Crippen LogP contribution is 2.20. The maximum Gasteiger partial charge on any atom is 0.155 e. The summed E-state index contributed by atoms with van der Waals surface area (Å²) in [6.45, 7) is 9.08. The van der Waals surface area contributed by atoms with Crippen LogP contribution in [0.5, 0.6) is 5.75 Å². The van der Waals surface area contributed by atoms with Gasteiger partial charge in [0.1, 0.15) is 23.9 Å². The lowest BCUT2D eigenvalue weighted by Crippen LogP contribution is -2.26. The van der Waals surface area contributed by atoms with E-state index in [1.807, 2.05) is 19.1 Å². The molecule has 0 N–H and O–H groups in total. The molecule has 0 aliphatic carbocycles. The Morgan fingerprint density at radius 3 is 1.81 bits per heavy atom. The van der Waals surface area contributed by atoms with Crippen molar-refractivity contribution in [1.29, 1.82) is 0 Å². The molecule has 27 heavy (non-hydrogen) atoms. The Balaban J connectivity index is 1.41. The molecule has 0 unspecified atom stereocenters. The van der Waals surface area contributed by atoms with Crippen molar-refractivity contribution in [3.8, 4) is 5.75 Å². The van der Waals surface area contributed by atoms with E-state index in [0.717, 1.165) is 37.1 Å². The summed E-state index contributed by atoms with van der Waals surface area (Å²) in [7, 11) is 0.333. The van der Waals surface area contributed by atoms with E-state index in [1.54, 1.807) is 0 Å². The Labute approximate surface area is 165 Å². The Hall–Kier alpha value is -0.830. The van der Waals surface area contributed by atoms with Crippen LogP contribution in [-0.2, 0) is 34.6 Å². The molecule has 0 bridgehead atoms. The van der Waals surface area contributed by atoms with Gasteiger partial charge in [-0.2, -0.15) is 0 Å². The number of hydrogen-bond acceptors (Lipinski definition) is 6. The number of benzene rings is 1. The predicted octanol–water partition coefficient (Wildman–Crippen LogP) is 2.16. The molecule has 2 rings (SSSR count). The van der Waals surface area contributed by atoms with E-state index in [1.165, 1.54) is 4.90 Å². The maximum absolute atomic E-state index is 5.72. The van der Waals surface area contributed by atoms with Gasteiger partial charge in [-0.1, -0.05) is 0 Å². The molecule has 1 fully saturated rings. The zero-order valence-electron chi connectivity index (χ0n) is 16.4. The fourth-order valence-corrected chi connectivity index (χ4v) is 4.34. The summed E-state index contributed by atoms with van der Waals surface area (Å²) in [4.78, 5) is 1.40. The number of rotatable bonds is 15. The maximum atomic E-state index is 5.72. The van der Waals surface area contributed by atoms with E-state index in [9.17, 15) is 0 Å². The molecule has 1 saturated heterocycles. The largest absolute Gasteiger partial charge is 0.491 e. The van der Waals surface area contributed by atoms with Gasteiger partial charge in [-0.15, -0.1) is 0 Å². The van der Waals surface area contributed by atoms with Crippen LogP contribution in [0, 0.1) is 0 Å². The summed E-state index contributed by atoms with van der Waals surface area (Å²) in [6.07, 6.45) is 0. The van der Waals surface area contributed by atoms with Crippen LogP contribution in [0.4, 0.5) is 0 Å². The highest BCUT2D eigenvalue weighted by Gasteiger charge is 2.24. The number of hydrogen-bond donors (Lipinski definition) is 0. The Kier molecular flexibility index (Phi) is 12.6. The molecule has 1 aliphatic rings. The molecular formula is C20H33O6S+. The van der Waals surface area contributed by atoms with Crippen molar-refractivity contribution >= 4 is 10.9 Å². The molecule has 0 atom stereocenters. The van der Waals surface area contributed by atoms with Crippen molar-refractivity contribution in [2.45, 2.75) is 11.8 Å². The van der Waals surface area contributed by atoms with E-state index in [-0.39, 0.29) is 0 Å². The molecule has 1 aliphatic heterocycles. The number of ether oxygens (including phenoxy) is 6. The molecule has 0 spiro atoms. The van der Waals surface area contributed by atoms with Gasteiger partial charge in [-0.25, -0.2) is 0 Å². The van der Waals surface area contributed by atoms with Gasteiger partial charge in [-0.3, -0.25) is 0 Å². The van der Waals surface area contributed by atoms with E-state index >= 15 is 0 Å². The Morgan fingerprint density at radius 1 is 0.741 bits per heavy atom. The zero-order valence-corrected chi connectivity index (χ0v) is 17.2. The fourth-order valence-electron chi connectivity index (χ4n) is 2.51. The van der Waals surface area contributed by atoms with E-state index in [4.69, 9.17) is 28.4 Å². The first-order chi connectivity index (χ1) is 13.4. The molecule has 0 radical (unpaired) electrons. The second kappa shape index (κ2) is 15.1. The van der Waals surface area contributed by atoms with Gasteiger partial charge in [0.2, 0.25) is 0 Å². The van der Waals surface area contributed by atoms with Crippen LogP contribution >= 0.6 is 0 Å².